The van der Waals surface area contributed by atoms with Gasteiger partial charge in [-0.05, 0) is 32.9 Å². The van der Waals surface area contributed by atoms with Crippen molar-refractivity contribution >= 4 is 5.71 Å². The summed E-state index contributed by atoms with van der Waals surface area (Å²) in [5, 5.41) is 0. The van der Waals surface area contributed by atoms with Gasteiger partial charge in [0.25, 0.3) is 0 Å². The van der Waals surface area contributed by atoms with Gasteiger partial charge in [0.05, 0.1) is 12.3 Å². The first-order chi connectivity index (χ1) is 5.59. The molecular weight excluding hydrogens is 150 g/mol. The van der Waals surface area contributed by atoms with Crippen LogP contribution in [-0.4, -0.2) is 17.9 Å². The fraction of sp³-hybridized carbons (Fsp3) is 0.500. The van der Waals surface area contributed by atoms with Gasteiger partial charge in [-0.1, -0.05) is 6.58 Å². The molecule has 0 aromatic rings. The van der Waals surface area contributed by atoms with Gasteiger partial charge in [-0.25, -0.2) is 0 Å². The van der Waals surface area contributed by atoms with Crippen LogP contribution < -0.4 is 0 Å². The molecule has 0 saturated carbocycles. The predicted molar refractivity (Wildman–Crippen MR) is 51.4 cm³/mol. The summed E-state index contributed by atoms with van der Waals surface area (Å²) in [6.07, 6.45) is 3.64. The lowest BCUT2D eigenvalue weighted by Crippen LogP contribution is -2.33. The third-order valence-corrected chi connectivity index (χ3v) is 1.72. The molecule has 12 heavy (non-hydrogen) atoms. The van der Waals surface area contributed by atoms with Gasteiger partial charge < -0.3 is 4.74 Å². The highest BCUT2D eigenvalue weighted by Gasteiger charge is 2.25. The standard InChI is InChI=1S/C10H15NO/c1-5-8-9(6-2)12-10(3,4)7-11-8/h5-6H,1,7H2,2-4H3/b9-6+. The van der Waals surface area contributed by atoms with E-state index in [1.165, 1.54) is 0 Å². The molecule has 2 nitrogen and oxygen atoms in total. The van der Waals surface area contributed by atoms with Crippen LogP contribution in [0.1, 0.15) is 20.8 Å². The van der Waals surface area contributed by atoms with Gasteiger partial charge >= 0.3 is 0 Å². The first-order valence-corrected chi connectivity index (χ1v) is 4.11. The number of allylic oxidation sites excluding steroid dienone is 2. The highest BCUT2D eigenvalue weighted by Crippen LogP contribution is 2.21. The van der Waals surface area contributed by atoms with Crippen molar-refractivity contribution in [1.29, 1.82) is 0 Å². The Hall–Kier alpha value is -1.05. The number of nitrogens with zero attached hydrogens (tertiary/aromatic N) is 1. The zero-order valence-electron chi connectivity index (χ0n) is 7.92. The van der Waals surface area contributed by atoms with Gasteiger partial charge in [-0.2, -0.15) is 0 Å². The van der Waals surface area contributed by atoms with Crippen molar-refractivity contribution in [2.75, 3.05) is 6.54 Å². The molecule has 0 radical (unpaired) electrons. The second-order valence-electron chi connectivity index (χ2n) is 3.42. The Morgan fingerprint density at radius 3 is 2.75 bits per heavy atom. The van der Waals surface area contributed by atoms with Gasteiger partial charge in [0.1, 0.15) is 11.4 Å². The van der Waals surface area contributed by atoms with Crippen molar-refractivity contribution in [1.82, 2.24) is 0 Å². The summed E-state index contributed by atoms with van der Waals surface area (Å²) in [7, 11) is 0. The molecule has 66 valence electrons. The zero-order valence-corrected chi connectivity index (χ0v) is 7.92. The quantitative estimate of drug-likeness (QED) is 0.584. The molecule has 0 aromatic heterocycles. The second-order valence-corrected chi connectivity index (χ2v) is 3.42. The van der Waals surface area contributed by atoms with Gasteiger partial charge in [0.15, 0.2) is 0 Å². The maximum Gasteiger partial charge on any atom is 0.141 e. The molecule has 0 saturated heterocycles. The fourth-order valence-electron chi connectivity index (χ4n) is 1.11. The van der Waals surface area contributed by atoms with Crippen LogP contribution in [0, 0.1) is 0 Å². The molecule has 0 aromatic carbocycles. The van der Waals surface area contributed by atoms with E-state index in [1.54, 1.807) is 6.08 Å². The van der Waals surface area contributed by atoms with Crippen molar-refractivity contribution in [2.24, 2.45) is 4.99 Å². The number of hydrogen-bond donors (Lipinski definition) is 0. The van der Waals surface area contributed by atoms with Crippen molar-refractivity contribution in [3.8, 4) is 0 Å². The molecule has 0 fully saturated rings. The normalized spacial score (nSPS) is 24.6. The highest BCUT2D eigenvalue weighted by atomic mass is 16.5. The summed E-state index contributed by atoms with van der Waals surface area (Å²) in [6, 6.07) is 0. The Bertz CT molecular complexity index is 249. The Kier molecular flexibility index (Phi) is 2.36. The van der Waals surface area contributed by atoms with E-state index in [1.807, 2.05) is 26.8 Å². The van der Waals surface area contributed by atoms with Gasteiger partial charge in [0, 0.05) is 0 Å². The highest BCUT2D eigenvalue weighted by molar-refractivity contribution is 6.07. The minimum Gasteiger partial charge on any atom is -0.484 e. The predicted octanol–water partition coefficient (Wildman–Crippen LogP) is 2.33. The van der Waals surface area contributed by atoms with Crippen LogP contribution in [0.25, 0.3) is 0 Å². The molecule has 1 aliphatic rings. The summed E-state index contributed by atoms with van der Waals surface area (Å²) in [5.74, 6) is 0.834. The molecular formula is C10H15NO. The van der Waals surface area contributed by atoms with Crippen LogP contribution in [0.15, 0.2) is 29.5 Å². The number of aliphatic imine (C=N–C) groups is 1. The van der Waals surface area contributed by atoms with Crippen LogP contribution in [0.3, 0.4) is 0 Å². The summed E-state index contributed by atoms with van der Waals surface area (Å²) in [6.45, 7) is 10.4. The van der Waals surface area contributed by atoms with Crippen LogP contribution in [0.5, 0.6) is 0 Å². The monoisotopic (exact) mass is 165 g/mol. The first-order valence-electron chi connectivity index (χ1n) is 4.11. The fourth-order valence-corrected chi connectivity index (χ4v) is 1.11. The molecule has 1 aliphatic heterocycles. The zero-order chi connectivity index (χ0) is 9.19. The van der Waals surface area contributed by atoms with E-state index in [4.69, 9.17) is 4.74 Å². The minimum absolute atomic E-state index is 0.172. The number of hydrogen-bond acceptors (Lipinski definition) is 2. The SMILES string of the molecule is C=CC1=NCC(C)(C)O/C1=C/C. The lowest BCUT2D eigenvalue weighted by atomic mass is 10.1. The van der Waals surface area contributed by atoms with Crippen LogP contribution in [0.2, 0.25) is 0 Å². The van der Waals surface area contributed by atoms with E-state index >= 15 is 0 Å². The van der Waals surface area contributed by atoms with Crippen molar-refractivity contribution in [3.63, 3.8) is 0 Å². The molecule has 1 heterocycles. The molecule has 0 bridgehead atoms. The van der Waals surface area contributed by atoms with E-state index in [2.05, 4.69) is 11.6 Å². The second kappa shape index (κ2) is 3.13. The summed E-state index contributed by atoms with van der Waals surface area (Å²) < 4.78 is 5.69. The average molecular weight is 165 g/mol. The Morgan fingerprint density at radius 1 is 1.58 bits per heavy atom. The van der Waals surface area contributed by atoms with Crippen molar-refractivity contribution < 1.29 is 4.74 Å². The van der Waals surface area contributed by atoms with Gasteiger partial charge in [-0.15, -0.1) is 0 Å². The lowest BCUT2D eigenvalue weighted by molar-refractivity contribution is 0.0478. The molecule has 0 N–H and O–H groups in total. The lowest BCUT2D eigenvalue weighted by Gasteiger charge is -2.30. The average Bonchev–Trinajstić information content (AvgIpc) is 2.03. The molecule has 0 atom stereocenters. The first kappa shape index (κ1) is 9.04. The number of ether oxygens (including phenoxy) is 1. The van der Waals surface area contributed by atoms with E-state index in [0.717, 1.165) is 11.5 Å². The van der Waals surface area contributed by atoms with Gasteiger partial charge in [0.2, 0.25) is 0 Å². The molecule has 1 rings (SSSR count). The summed E-state index contributed by atoms with van der Waals surface area (Å²) >= 11 is 0. The van der Waals surface area contributed by atoms with E-state index in [0.29, 0.717) is 6.54 Å². The maximum atomic E-state index is 5.69. The molecule has 2 heteroatoms. The van der Waals surface area contributed by atoms with E-state index < -0.39 is 0 Å². The Labute approximate surface area is 73.6 Å². The van der Waals surface area contributed by atoms with Crippen LogP contribution >= 0.6 is 0 Å². The van der Waals surface area contributed by atoms with E-state index in [9.17, 15) is 0 Å². The van der Waals surface area contributed by atoms with Crippen LogP contribution in [0.4, 0.5) is 0 Å². The molecule has 0 unspecified atom stereocenters. The van der Waals surface area contributed by atoms with Crippen molar-refractivity contribution in [2.45, 2.75) is 26.4 Å². The Morgan fingerprint density at radius 2 is 2.25 bits per heavy atom. The van der Waals surface area contributed by atoms with Gasteiger partial charge in [-0.3, -0.25) is 4.99 Å². The Balaban J connectivity index is 2.93. The minimum atomic E-state index is -0.172. The maximum absolute atomic E-state index is 5.69. The third-order valence-electron chi connectivity index (χ3n) is 1.72. The topological polar surface area (TPSA) is 21.6 Å². The van der Waals surface area contributed by atoms with Crippen LogP contribution in [-0.2, 0) is 4.74 Å². The van der Waals surface area contributed by atoms with E-state index in [-0.39, 0.29) is 5.60 Å². The summed E-state index contributed by atoms with van der Waals surface area (Å²) in [4.78, 5) is 4.36. The third kappa shape index (κ3) is 1.76. The largest absolute Gasteiger partial charge is 0.484 e. The smallest absolute Gasteiger partial charge is 0.141 e. The van der Waals surface area contributed by atoms with Crippen molar-refractivity contribution in [3.05, 3.63) is 24.5 Å². The number of rotatable bonds is 1. The molecule has 0 amide bonds. The molecule has 0 spiro atoms. The summed E-state index contributed by atoms with van der Waals surface area (Å²) in [5.41, 5.74) is 0.686. The molecule has 0 aliphatic carbocycles.